The van der Waals surface area contributed by atoms with Crippen LogP contribution in [0.1, 0.15) is 65.7 Å². The number of pyridine rings is 1. The number of fused-ring (bicyclic) bond motifs is 1. The minimum absolute atomic E-state index is 0.101. The lowest BCUT2D eigenvalue weighted by Gasteiger charge is -2.37. The molecule has 1 aromatic heterocycles. The van der Waals surface area contributed by atoms with Gasteiger partial charge in [0.1, 0.15) is 6.04 Å². The topological polar surface area (TPSA) is 115 Å². The van der Waals surface area contributed by atoms with E-state index in [2.05, 4.69) is 41.3 Å². The summed E-state index contributed by atoms with van der Waals surface area (Å²) in [5.74, 6) is -1.30. The predicted molar refractivity (Wildman–Crippen MR) is 158 cm³/mol. The van der Waals surface area contributed by atoms with Crippen molar-refractivity contribution >= 4 is 51.1 Å². The van der Waals surface area contributed by atoms with E-state index >= 15 is 0 Å². The number of nitrogens with zero attached hydrogens (tertiary/aromatic N) is 4. The molecule has 10 nitrogen and oxygen atoms in total. The number of piperazine rings is 1. The average molecular weight is 642 g/mol. The number of nitrogens with one attached hydrogen (secondary N) is 2. The van der Waals surface area contributed by atoms with Crippen LogP contribution in [0.15, 0.2) is 34.9 Å². The van der Waals surface area contributed by atoms with Crippen molar-refractivity contribution < 1.29 is 23.6 Å². The number of piperidine rings is 1. The van der Waals surface area contributed by atoms with Crippen LogP contribution in [-0.2, 0) is 9.59 Å². The Kier molecular flexibility index (Phi) is 8.26. The summed E-state index contributed by atoms with van der Waals surface area (Å²) in [7, 11) is 0. The van der Waals surface area contributed by atoms with Crippen molar-refractivity contribution in [1.82, 2.24) is 20.1 Å². The van der Waals surface area contributed by atoms with Crippen molar-refractivity contribution in [1.29, 1.82) is 0 Å². The minimum Gasteiger partial charge on any atom is -0.369 e. The fraction of sp³-hybridized carbons (Fsp3) is 0.500. The maximum absolute atomic E-state index is 14.1. The van der Waals surface area contributed by atoms with Crippen LogP contribution in [0, 0.1) is 11.7 Å². The molecule has 0 spiro atoms. The first-order valence-electron chi connectivity index (χ1n) is 14.7. The molecule has 0 radical (unpaired) electrons. The Labute approximate surface area is 252 Å². The molecule has 222 valence electrons. The van der Waals surface area contributed by atoms with Crippen molar-refractivity contribution in [3.05, 3.63) is 51.9 Å². The second kappa shape index (κ2) is 12.1. The van der Waals surface area contributed by atoms with Crippen LogP contribution in [0.2, 0.25) is 0 Å². The maximum atomic E-state index is 14.1. The molecule has 4 aliphatic rings. The number of rotatable bonds is 7. The third-order valence-electron chi connectivity index (χ3n) is 9.01. The number of amides is 4. The second-order valence-corrected chi connectivity index (χ2v) is 12.6. The van der Waals surface area contributed by atoms with E-state index in [9.17, 15) is 23.6 Å². The molecule has 6 rings (SSSR count). The second-order valence-electron chi connectivity index (χ2n) is 11.6. The summed E-state index contributed by atoms with van der Waals surface area (Å²) in [4.78, 5) is 59.9. The maximum Gasteiger partial charge on any atom is 0.262 e. The molecule has 1 aromatic carbocycles. The highest BCUT2D eigenvalue weighted by molar-refractivity contribution is 9.10. The monoisotopic (exact) mass is 640 g/mol. The quantitative estimate of drug-likeness (QED) is 0.442. The van der Waals surface area contributed by atoms with Crippen molar-refractivity contribution in [3.63, 3.8) is 0 Å². The molecule has 1 atom stereocenters. The smallest absolute Gasteiger partial charge is 0.262 e. The number of carbonyl (C=O) groups is 4. The summed E-state index contributed by atoms with van der Waals surface area (Å²) in [6, 6.07) is 6.03. The standard InChI is InChI=1S/C30H34BrFN6O4/c31-19-15-24(32)27(33-17-19)34-20-3-1-18(2-4-20)9-10-36-11-13-37(14-12-36)21-5-6-22-23(16-21)30(42)38(29(22)41)25-7-8-26(39)35-28(25)40/h5-6,15-18,20,25H,1-4,7-14H2,(H,33,34)(H,35,39,40). The van der Waals surface area contributed by atoms with E-state index in [0.29, 0.717) is 27.3 Å². The number of aromatic nitrogens is 1. The molecule has 4 amide bonds. The zero-order valence-electron chi connectivity index (χ0n) is 23.3. The average Bonchev–Trinajstić information content (AvgIpc) is 3.23. The Bertz CT molecular complexity index is 1410. The third kappa shape index (κ3) is 5.92. The number of halogens is 2. The predicted octanol–water partition coefficient (Wildman–Crippen LogP) is 3.57. The molecule has 2 saturated heterocycles. The molecule has 2 aromatic rings. The van der Waals surface area contributed by atoms with Gasteiger partial charge in [0.25, 0.3) is 11.8 Å². The first-order valence-corrected chi connectivity index (χ1v) is 15.5. The molecule has 12 heteroatoms. The normalized spacial score (nSPS) is 25.0. The van der Waals surface area contributed by atoms with E-state index in [1.807, 2.05) is 6.07 Å². The van der Waals surface area contributed by atoms with Gasteiger partial charge in [-0.3, -0.25) is 34.3 Å². The van der Waals surface area contributed by atoms with Gasteiger partial charge in [0.15, 0.2) is 11.6 Å². The zero-order chi connectivity index (χ0) is 29.4. The van der Waals surface area contributed by atoms with Crippen LogP contribution in [0.3, 0.4) is 0 Å². The number of anilines is 2. The third-order valence-corrected chi connectivity index (χ3v) is 9.44. The Morgan fingerprint density at radius 2 is 1.69 bits per heavy atom. The molecule has 42 heavy (non-hydrogen) atoms. The van der Waals surface area contributed by atoms with Crippen molar-refractivity contribution in [2.45, 2.75) is 57.0 Å². The highest BCUT2D eigenvalue weighted by atomic mass is 79.9. The number of benzene rings is 1. The highest BCUT2D eigenvalue weighted by Crippen LogP contribution is 2.32. The lowest BCUT2D eigenvalue weighted by molar-refractivity contribution is -0.136. The summed E-state index contributed by atoms with van der Waals surface area (Å²) >= 11 is 3.25. The van der Waals surface area contributed by atoms with E-state index in [4.69, 9.17) is 0 Å². The molecular weight excluding hydrogens is 607 g/mol. The highest BCUT2D eigenvalue weighted by Gasteiger charge is 2.44. The van der Waals surface area contributed by atoms with E-state index < -0.39 is 23.8 Å². The van der Waals surface area contributed by atoms with Crippen LogP contribution < -0.4 is 15.5 Å². The van der Waals surface area contributed by atoms with Gasteiger partial charge >= 0.3 is 0 Å². The van der Waals surface area contributed by atoms with Crippen LogP contribution in [0.4, 0.5) is 15.9 Å². The molecule has 0 bridgehead atoms. The fourth-order valence-electron chi connectivity index (χ4n) is 6.56. The van der Waals surface area contributed by atoms with E-state index in [0.717, 1.165) is 75.4 Å². The Balaban J connectivity index is 0.967. The van der Waals surface area contributed by atoms with Gasteiger partial charge in [0.05, 0.1) is 11.1 Å². The Hall–Kier alpha value is -3.38. The molecule has 1 aliphatic carbocycles. The lowest BCUT2D eigenvalue weighted by atomic mass is 9.84. The lowest BCUT2D eigenvalue weighted by Crippen LogP contribution is -2.54. The molecule has 4 heterocycles. The van der Waals surface area contributed by atoms with Crippen molar-refractivity contribution in [3.8, 4) is 0 Å². The van der Waals surface area contributed by atoms with Gasteiger partial charge in [-0.15, -0.1) is 0 Å². The van der Waals surface area contributed by atoms with Gasteiger partial charge in [-0.05, 0) is 91.2 Å². The first kappa shape index (κ1) is 28.7. The molecular formula is C30H34BrFN6O4. The Morgan fingerprint density at radius 3 is 2.40 bits per heavy atom. The van der Waals surface area contributed by atoms with Crippen molar-refractivity contribution in [2.24, 2.45) is 5.92 Å². The van der Waals surface area contributed by atoms with Crippen molar-refractivity contribution in [2.75, 3.05) is 42.9 Å². The number of imide groups is 2. The summed E-state index contributed by atoms with van der Waals surface area (Å²) in [5.41, 5.74) is 1.51. The number of hydrogen-bond acceptors (Lipinski definition) is 8. The summed E-state index contributed by atoms with van der Waals surface area (Å²) in [5, 5.41) is 5.50. The molecule has 3 aliphatic heterocycles. The van der Waals surface area contributed by atoms with Gasteiger partial charge < -0.3 is 10.2 Å². The first-order chi connectivity index (χ1) is 20.3. The van der Waals surface area contributed by atoms with Gasteiger partial charge in [0.2, 0.25) is 11.8 Å². The van der Waals surface area contributed by atoms with Crippen LogP contribution >= 0.6 is 15.9 Å². The Morgan fingerprint density at radius 1 is 0.952 bits per heavy atom. The number of carbonyl (C=O) groups excluding carboxylic acids is 4. The summed E-state index contributed by atoms with van der Waals surface area (Å²) in [6.45, 7) is 4.51. The number of hydrogen-bond donors (Lipinski definition) is 2. The van der Waals surface area contributed by atoms with E-state index in [1.165, 1.54) is 6.07 Å². The SMILES string of the molecule is O=C1CCC(N2C(=O)c3ccc(N4CCN(CCC5CCC(Nc6ncc(Br)cc6F)CC5)CC4)cc3C2=O)C(=O)N1. The fourth-order valence-corrected chi connectivity index (χ4v) is 6.86. The van der Waals surface area contributed by atoms with Gasteiger partial charge in [-0.2, -0.15) is 0 Å². The zero-order valence-corrected chi connectivity index (χ0v) is 24.9. The van der Waals surface area contributed by atoms with E-state index in [1.54, 1.807) is 18.3 Å². The molecule has 1 saturated carbocycles. The van der Waals surface area contributed by atoms with Crippen LogP contribution in [0.25, 0.3) is 0 Å². The van der Waals surface area contributed by atoms with Crippen LogP contribution in [0.5, 0.6) is 0 Å². The molecule has 1 unspecified atom stereocenters. The summed E-state index contributed by atoms with van der Waals surface area (Å²) < 4.78 is 14.8. The largest absolute Gasteiger partial charge is 0.369 e. The molecule has 2 N–H and O–H groups in total. The van der Waals surface area contributed by atoms with Gasteiger partial charge in [-0.25, -0.2) is 9.37 Å². The van der Waals surface area contributed by atoms with Gasteiger partial charge in [-0.1, -0.05) is 0 Å². The molecule has 3 fully saturated rings. The van der Waals surface area contributed by atoms with E-state index in [-0.39, 0.29) is 30.6 Å². The van der Waals surface area contributed by atoms with Crippen LogP contribution in [-0.4, -0.2) is 83.2 Å². The summed E-state index contributed by atoms with van der Waals surface area (Å²) in [6.07, 6.45) is 7.26. The van der Waals surface area contributed by atoms with Gasteiger partial charge in [0, 0.05) is 55.0 Å². The minimum atomic E-state index is -0.958.